The van der Waals surface area contributed by atoms with Gasteiger partial charge in [0, 0.05) is 23.7 Å². The van der Waals surface area contributed by atoms with Crippen molar-refractivity contribution in [3.8, 4) is 11.5 Å². The minimum Gasteiger partial charge on any atom is -0.493 e. The second kappa shape index (κ2) is 7.58. The van der Waals surface area contributed by atoms with Crippen molar-refractivity contribution in [3.05, 3.63) is 58.6 Å². The topological polar surface area (TPSA) is 38.8 Å². The third kappa shape index (κ3) is 3.82. The smallest absolute Gasteiger partial charge is 0.253 e. The number of halogens is 1. The molecule has 1 aliphatic rings. The van der Waals surface area contributed by atoms with Crippen LogP contribution in [0.15, 0.2) is 42.5 Å². The van der Waals surface area contributed by atoms with Gasteiger partial charge in [0.2, 0.25) is 0 Å². The molecule has 4 nitrogen and oxygen atoms in total. The summed E-state index contributed by atoms with van der Waals surface area (Å²) in [6.45, 7) is 2.07. The van der Waals surface area contributed by atoms with Crippen molar-refractivity contribution in [2.45, 2.75) is 19.4 Å². The minimum atomic E-state index is 0.0510. The number of hydrogen-bond acceptors (Lipinski definition) is 3. The van der Waals surface area contributed by atoms with E-state index in [4.69, 9.17) is 21.1 Å². The van der Waals surface area contributed by atoms with Gasteiger partial charge in [0.15, 0.2) is 11.5 Å². The summed E-state index contributed by atoms with van der Waals surface area (Å²) in [5, 5.41) is 0.695. The largest absolute Gasteiger partial charge is 0.493 e. The van der Waals surface area contributed by atoms with Gasteiger partial charge in [0.25, 0.3) is 5.91 Å². The van der Waals surface area contributed by atoms with Crippen molar-refractivity contribution in [3.63, 3.8) is 0 Å². The van der Waals surface area contributed by atoms with E-state index < -0.39 is 0 Å². The third-order valence-corrected chi connectivity index (χ3v) is 4.36. The second-order valence-electron chi connectivity index (χ2n) is 5.78. The Morgan fingerprint density at radius 1 is 1.08 bits per heavy atom. The first-order valence-corrected chi connectivity index (χ1v) is 8.40. The van der Waals surface area contributed by atoms with Crippen LogP contribution in [0.25, 0.3) is 0 Å². The quantitative estimate of drug-likeness (QED) is 0.816. The summed E-state index contributed by atoms with van der Waals surface area (Å²) in [7, 11) is 1.58. The molecule has 0 spiro atoms. The van der Waals surface area contributed by atoms with Crippen LogP contribution >= 0.6 is 11.6 Å². The molecule has 1 amide bonds. The molecule has 1 fully saturated rings. The van der Waals surface area contributed by atoms with Gasteiger partial charge in [0.1, 0.15) is 6.61 Å². The summed E-state index contributed by atoms with van der Waals surface area (Å²) in [6, 6.07) is 12.8. The number of hydrogen-bond donors (Lipinski definition) is 0. The van der Waals surface area contributed by atoms with E-state index in [0.29, 0.717) is 28.7 Å². The number of carbonyl (C=O) groups excluding carboxylic acids is 1. The molecule has 0 unspecified atom stereocenters. The molecule has 5 heteroatoms. The molecule has 1 aliphatic heterocycles. The normalized spacial score (nSPS) is 13.8. The molecular formula is C19H20ClNO3. The van der Waals surface area contributed by atoms with Crippen LogP contribution in [0, 0.1) is 0 Å². The molecule has 0 atom stereocenters. The number of benzene rings is 2. The van der Waals surface area contributed by atoms with Crippen LogP contribution in [0.1, 0.15) is 28.8 Å². The molecule has 0 bridgehead atoms. The molecule has 0 aliphatic carbocycles. The maximum atomic E-state index is 12.5. The summed E-state index contributed by atoms with van der Waals surface area (Å²) in [6.07, 6.45) is 2.15. The molecule has 24 heavy (non-hydrogen) atoms. The predicted octanol–water partition coefficient (Wildman–Crippen LogP) is 4.16. The van der Waals surface area contributed by atoms with Gasteiger partial charge in [-0.15, -0.1) is 0 Å². The molecule has 2 aromatic carbocycles. The lowest BCUT2D eigenvalue weighted by Gasteiger charge is -2.17. The van der Waals surface area contributed by atoms with Crippen LogP contribution in [-0.4, -0.2) is 31.0 Å². The maximum Gasteiger partial charge on any atom is 0.253 e. The zero-order valence-corrected chi connectivity index (χ0v) is 14.4. The lowest BCUT2D eigenvalue weighted by molar-refractivity contribution is 0.0792. The number of likely N-dealkylation sites (tertiary alicyclic amines) is 1. The highest BCUT2D eigenvalue weighted by Gasteiger charge is 2.20. The standard InChI is InChI=1S/C19H20ClNO3/c1-23-18-12-15(19(22)21-10-2-3-11-21)6-9-17(18)24-13-14-4-7-16(20)8-5-14/h4-9,12H,2-3,10-11,13H2,1H3. The van der Waals surface area contributed by atoms with Crippen molar-refractivity contribution in [1.82, 2.24) is 4.90 Å². The molecule has 1 heterocycles. The number of carbonyl (C=O) groups is 1. The van der Waals surface area contributed by atoms with Crippen molar-refractivity contribution in [1.29, 1.82) is 0 Å². The van der Waals surface area contributed by atoms with Crippen molar-refractivity contribution in [2.24, 2.45) is 0 Å². The lowest BCUT2D eigenvalue weighted by atomic mass is 10.1. The van der Waals surface area contributed by atoms with Gasteiger partial charge >= 0.3 is 0 Å². The number of methoxy groups -OCH3 is 1. The van der Waals surface area contributed by atoms with Crippen LogP contribution in [0.5, 0.6) is 11.5 Å². The van der Waals surface area contributed by atoms with Crippen molar-refractivity contribution in [2.75, 3.05) is 20.2 Å². The lowest BCUT2D eigenvalue weighted by Crippen LogP contribution is -2.27. The zero-order chi connectivity index (χ0) is 16.9. The Hall–Kier alpha value is -2.20. The average Bonchev–Trinajstić information content (AvgIpc) is 3.15. The molecule has 0 N–H and O–H groups in total. The highest BCUT2D eigenvalue weighted by Crippen LogP contribution is 2.30. The Morgan fingerprint density at radius 2 is 1.79 bits per heavy atom. The Morgan fingerprint density at radius 3 is 2.46 bits per heavy atom. The van der Waals surface area contributed by atoms with E-state index in [1.54, 1.807) is 25.3 Å². The van der Waals surface area contributed by atoms with E-state index in [1.807, 2.05) is 29.2 Å². The van der Waals surface area contributed by atoms with E-state index in [1.165, 1.54) is 0 Å². The molecule has 0 saturated carbocycles. The van der Waals surface area contributed by atoms with Gasteiger partial charge in [0.05, 0.1) is 7.11 Å². The van der Waals surface area contributed by atoms with Crippen LogP contribution in [0.2, 0.25) is 5.02 Å². The fraction of sp³-hybridized carbons (Fsp3) is 0.316. The number of amides is 1. The van der Waals surface area contributed by atoms with E-state index >= 15 is 0 Å². The van der Waals surface area contributed by atoms with Gasteiger partial charge in [-0.1, -0.05) is 23.7 Å². The zero-order valence-electron chi connectivity index (χ0n) is 13.6. The summed E-state index contributed by atoms with van der Waals surface area (Å²) in [4.78, 5) is 14.3. The molecule has 0 radical (unpaired) electrons. The van der Waals surface area contributed by atoms with Gasteiger partial charge in [-0.25, -0.2) is 0 Å². The summed E-state index contributed by atoms with van der Waals surface area (Å²) in [5.41, 5.74) is 1.64. The van der Waals surface area contributed by atoms with Gasteiger partial charge < -0.3 is 14.4 Å². The van der Waals surface area contributed by atoms with Crippen molar-refractivity contribution < 1.29 is 14.3 Å². The number of nitrogens with zero attached hydrogens (tertiary/aromatic N) is 1. The molecule has 0 aromatic heterocycles. The van der Waals surface area contributed by atoms with Crippen LogP contribution < -0.4 is 9.47 Å². The maximum absolute atomic E-state index is 12.5. The number of ether oxygens (including phenoxy) is 2. The van der Waals surface area contributed by atoms with Gasteiger partial charge in [-0.2, -0.15) is 0 Å². The first-order valence-electron chi connectivity index (χ1n) is 8.02. The van der Waals surface area contributed by atoms with Crippen molar-refractivity contribution >= 4 is 17.5 Å². The van der Waals surface area contributed by atoms with E-state index in [9.17, 15) is 4.79 Å². The fourth-order valence-corrected chi connectivity index (χ4v) is 2.89. The minimum absolute atomic E-state index is 0.0510. The van der Waals surface area contributed by atoms with E-state index in [-0.39, 0.29) is 5.91 Å². The van der Waals surface area contributed by atoms with Gasteiger partial charge in [-0.05, 0) is 48.7 Å². The average molecular weight is 346 g/mol. The first kappa shape index (κ1) is 16.7. The van der Waals surface area contributed by atoms with Crippen LogP contribution in [-0.2, 0) is 6.61 Å². The summed E-state index contributed by atoms with van der Waals surface area (Å²) in [5.74, 6) is 1.23. The summed E-state index contributed by atoms with van der Waals surface area (Å²) >= 11 is 5.88. The SMILES string of the molecule is COc1cc(C(=O)N2CCCC2)ccc1OCc1ccc(Cl)cc1. The second-order valence-corrected chi connectivity index (χ2v) is 6.22. The molecule has 126 valence electrons. The Labute approximate surface area is 146 Å². The van der Waals surface area contributed by atoms with E-state index in [2.05, 4.69) is 0 Å². The van der Waals surface area contributed by atoms with Crippen LogP contribution in [0.4, 0.5) is 0 Å². The molecule has 3 rings (SSSR count). The number of rotatable bonds is 5. The summed E-state index contributed by atoms with van der Waals surface area (Å²) < 4.78 is 11.2. The fourth-order valence-electron chi connectivity index (χ4n) is 2.76. The van der Waals surface area contributed by atoms with Crippen LogP contribution in [0.3, 0.4) is 0 Å². The Kier molecular flexibility index (Phi) is 5.26. The Bertz CT molecular complexity index is 709. The predicted molar refractivity (Wildman–Crippen MR) is 93.9 cm³/mol. The molecule has 1 saturated heterocycles. The van der Waals surface area contributed by atoms with E-state index in [0.717, 1.165) is 31.5 Å². The highest BCUT2D eigenvalue weighted by molar-refractivity contribution is 6.30. The molecule has 2 aromatic rings. The Balaban J connectivity index is 1.71. The van der Waals surface area contributed by atoms with Gasteiger partial charge in [-0.3, -0.25) is 4.79 Å². The third-order valence-electron chi connectivity index (χ3n) is 4.11. The monoisotopic (exact) mass is 345 g/mol. The first-order chi connectivity index (χ1) is 11.7. The molecular weight excluding hydrogens is 326 g/mol. The highest BCUT2D eigenvalue weighted by atomic mass is 35.5.